The van der Waals surface area contributed by atoms with Gasteiger partial charge in [0.25, 0.3) is 5.91 Å². The van der Waals surface area contributed by atoms with Gasteiger partial charge in [0, 0.05) is 17.5 Å². The van der Waals surface area contributed by atoms with Crippen LogP contribution in [0, 0.1) is 0 Å². The lowest BCUT2D eigenvalue weighted by atomic mass is 10.1. The number of ether oxygens (including phenoxy) is 2. The largest absolute Gasteiger partial charge is 0.466 e. The molecule has 0 saturated heterocycles. The predicted octanol–water partition coefficient (Wildman–Crippen LogP) is 1.50. The molecule has 0 heterocycles. The first-order chi connectivity index (χ1) is 11.5. The molecule has 0 bridgehead atoms. The van der Waals surface area contributed by atoms with Gasteiger partial charge in [0.05, 0.1) is 13.2 Å². The van der Waals surface area contributed by atoms with E-state index >= 15 is 0 Å². The van der Waals surface area contributed by atoms with E-state index in [2.05, 4.69) is 5.32 Å². The standard InChI is InChI=1S/C17H21NO6/c1-3-23-15(20)10-9-14(17(22)24-4-2)18-16(21)13-7-5-12(11-19)6-8-13/h5-8,11,14H,3-4,9-10H2,1-2H3,(H,18,21). The highest BCUT2D eigenvalue weighted by molar-refractivity contribution is 5.97. The molecule has 1 unspecified atom stereocenters. The van der Waals surface area contributed by atoms with Crippen LogP contribution in [0.15, 0.2) is 24.3 Å². The minimum Gasteiger partial charge on any atom is -0.466 e. The molecule has 0 aliphatic heterocycles. The van der Waals surface area contributed by atoms with E-state index < -0.39 is 23.9 Å². The van der Waals surface area contributed by atoms with E-state index in [1.807, 2.05) is 0 Å². The van der Waals surface area contributed by atoms with E-state index in [1.165, 1.54) is 24.3 Å². The highest BCUT2D eigenvalue weighted by Gasteiger charge is 2.23. The van der Waals surface area contributed by atoms with E-state index in [9.17, 15) is 19.2 Å². The van der Waals surface area contributed by atoms with Gasteiger partial charge in [0.15, 0.2) is 0 Å². The number of hydrogen-bond donors (Lipinski definition) is 1. The van der Waals surface area contributed by atoms with E-state index in [0.29, 0.717) is 17.4 Å². The molecule has 0 aliphatic carbocycles. The second-order valence-electron chi connectivity index (χ2n) is 4.86. The number of esters is 2. The van der Waals surface area contributed by atoms with Gasteiger partial charge in [0.2, 0.25) is 0 Å². The molecule has 1 N–H and O–H groups in total. The Morgan fingerprint density at radius 2 is 1.71 bits per heavy atom. The van der Waals surface area contributed by atoms with Crippen molar-refractivity contribution < 1.29 is 28.7 Å². The van der Waals surface area contributed by atoms with Crippen LogP contribution in [-0.4, -0.2) is 43.4 Å². The van der Waals surface area contributed by atoms with Crippen LogP contribution >= 0.6 is 0 Å². The maximum Gasteiger partial charge on any atom is 0.328 e. The van der Waals surface area contributed by atoms with Gasteiger partial charge in [-0.15, -0.1) is 0 Å². The van der Waals surface area contributed by atoms with Crippen molar-refractivity contribution >= 4 is 24.1 Å². The van der Waals surface area contributed by atoms with Crippen LogP contribution in [0.5, 0.6) is 0 Å². The number of hydrogen-bond acceptors (Lipinski definition) is 6. The number of nitrogens with one attached hydrogen (secondary N) is 1. The zero-order valence-electron chi connectivity index (χ0n) is 13.7. The van der Waals surface area contributed by atoms with Crippen LogP contribution in [0.4, 0.5) is 0 Å². The quantitative estimate of drug-likeness (QED) is 0.542. The zero-order valence-corrected chi connectivity index (χ0v) is 13.7. The monoisotopic (exact) mass is 335 g/mol. The third-order valence-electron chi connectivity index (χ3n) is 3.13. The first kappa shape index (κ1) is 19.3. The van der Waals surface area contributed by atoms with Gasteiger partial charge in [-0.25, -0.2) is 4.79 Å². The summed E-state index contributed by atoms with van der Waals surface area (Å²) in [6, 6.07) is 5.01. The Balaban J connectivity index is 2.74. The average molecular weight is 335 g/mol. The van der Waals surface area contributed by atoms with Crippen LogP contribution in [0.3, 0.4) is 0 Å². The molecule has 1 atom stereocenters. The zero-order chi connectivity index (χ0) is 17.9. The summed E-state index contributed by atoms with van der Waals surface area (Å²) in [6.45, 7) is 3.75. The molecule has 130 valence electrons. The summed E-state index contributed by atoms with van der Waals surface area (Å²) in [7, 11) is 0. The van der Waals surface area contributed by atoms with Gasteiger partial charge >= 0.3 is 11.9 Å². The lowest BCUT2D eigenvalue weighted by Crippen LogP contribution is -2.42. The van der Waals surface area contributed by atoms with Crippen LogP contribution in [0.25, 0.3) is 0 Å². The van der Waals surface area contributed by atoms with E-state index in [1.54, 1.807) is 13.8 Å². The Morgan fingerprint density at radius 3 is 2.25 bits per heavy atom. The van der Waals surface area contributed by atoms with Gasteiger partial charge in [0.1, 0.15) is 12.3 Å². The molecule has 0 spiro atoms. The molecular weight excluding hydrogens is 314 g/mol. The maximum absolute atomic E-state index is 12.2. The van der Waals surface area contributed by atoms with Crippen LogP contribution in [-0.2, 0) is 19.1 Å². The predicted molar refractivity (Wildman–Crippen MR) is 85.6 cm³/mol. The fourth-order valence-corrected chi connectivity index (χ4v) is 1.94. The second kappa shape index (κ2) is 10.1. The van der Waals surface area contributed by atoms with Crippen LogP contribution < -0.4 is 5.32 Å². The van der Waals surface area contributed by atoms with Crippen molar-refractivity contribution in [2.75, 3.05) is 13.2 Å². The summed E-state index contributed by atoms with van der Waals surface area (Å²) < 4.78 is 9.73. The summed E-state index contributed by atoms with van der Waals surface area (Å²) in [6.07, 6.45) is 0.736. The molecular formula is C17H21NO6. The topological polar surface area (TPSA) is 98.8 Å². The molecule has 0 aromatic heterocycles. The first-order valence-electron chi connectivity index (χ1n) is 7.70. The number of carbonyl (C=O) groups excluding carboxylic acids is 4. The molecule has 24 heavy (non-hydrogen) atoms. The normalized spacial score (nSPS) is 11.2. The molecule has 7 heteroatoms. The van der Waals surface area contributed by atoms with Gasteiger partial charge in [-0.05, 0) is 32.4 Å². The van der Waals surface area contributed by atoms with E-state index in [0.717, 1.165) is 0 Å². The molecule has 0 radical (unpaired) electrons. The average Bonchev–Trinajstić information content (AvgIpc) is 2.58. The van der Waals surface area contributed by atoms with Crippen molar-refractivity contribution in [3.05, 3.63) is 35.4 Å². The molecule has 7 nitrogen and oxygen atoms in total. The molecule has 0 fully saturated rings. The number of aldehydes is 1. The van der Waals surface area contributed by atoms with Crippen molar-refractivity contribution in [3.8, 4) is 0 Å². The number of carbonyl (C=O) groups is 4. The SMILES string of the molecule is CCOC(=O)CCC(NC(=O)c1ccc(C=O)cc1)C(=O)OCC. The molecule has 0 saturated carbocycles. The smallest absolute Gasteiger partial charge is 0.328 e. The second-order valence-corrected chi connectivity index (χ2v) is 4.86. The van der Waals surface area contributed by atoms with Gasteiger partial charge in [-0.3, -0.25) is 14.4 Å². The van der Waals surface area contributed by atoms with Crippen molar-refractivity contribution in [2.45, 2.75) is 32.7 Å². The summed E-state index contributed by atoms with van der Waals surface area (Å²) in [4.78, 5) is 46.2. The maximum atomic E-state index is 12.2. The molecule has 1 aromatic carbocycles. The van der Waals surface area contributed by atoms with Crippen molar-refractivity contribution in [1.82, 2.24) is 5.32 Å². The summed E-state index contributed by atoms with van der Waals surface area (Å²) in [5.41, 5.74) is 0.738. The Labute approximate surface area is 140 Å². The number of amides is 1. The van der Waals surface area contributed by atoms with Gasteiger partial charge in [-0.1, -0.05) is 12.1 Å². The Hall–Kier alpha value is -2.70. The first-order valence-corrected chi connectivity index (χ1v) is 7.70. The van der Waals surface area contributed by atoms with Crippen LogP contribution in [0.1, 0.15) is 47.4 Å². The highest BCUT2D eigenvalue weighted by atomic mass is 16.5. The molecule has 1 amide bonds. The summed E-state index contributed by atoms with van der Waals surface area (Å²) in [5.74, 6) is -1.55. The van der Waals surface area contributed by atoms with Crippen molar-refractivity contribution in [3.63, 3.8) is 0 Å². The van der Waals surface area contributed by atoms with Gasteiger partial charge in [-0.2, -0.15) is 0 Å². The lowest BCUT2D eigenvalue weighted by molar-refractivity contribution is -0.146. The molecule has 1 rings (SSSR count). The van der Waals surface area contributed by atoms with Gasteiger partial charge < -0.3 is 14.8 Å². The van der Waals surface area contributed by atoms with Crippen molar-refractivity contribution in [2.24, 2.45) is 0 Å². The minimum absolute atomic E-state index is 0.0122. The minimum atomic E-state index is -0.951. The third-order valence-corrected chi connectivity index (χ3v) is 3.13. The number of benzene rings is 1. The van der Waals surface area contributed by atoms with Crippen molar-refractivity contribution in [1.29, 1.82) is 0 Å². The fourth-order valence-electron chi connectivity index (χ4n) is 1.94. The van der Waals surface area contributed by atoms with E-state index in [4.69, 9.17) is 9.47 Å². The third kappa shape index (κ3) is 6.20. The Bertz CT molecular complexity index is 581. The van der Waals surface area contributed by atoms with E-state index in [-0.39, 0.29) is 26.1 Å². The summed E-state index contributed by atoms with van der Waals surface area (Å²) in [5, 5.41) is 2.54. The highest BCUT2D eigenvalue weighted by Crippen LogP contribution is 2.07. The fraction of sp³-hybridized carbons (Fsp3) is 0.412. The lowest BCUT2D eigenvalue weighted by Gasteiger charge is -2.17. The van der Waals surface area contributed by atoms with Crippen LogP contribution in [0.2, 0.25) is 0 Å². The number of rotatable bonds is 9. The Kier molecular flexibility index (Phi) is 8.18. The Morgan fingerprint density at radius 1 is 1.08 bits per heavy atom. The molecule has 1 aromatic rings. The molecule has 0 aliphatic rings. The summed E-state index contributed by atoms with van der Waals surface area (Å²) >= 11 is 0.